The Balaban J connectivity index is 2.02. The lowest BCUT2D eigenvalue weighted by atomic mass is 9.92. The summed E-state index contributed by atoms with van der Waals surface area (Å²) in [5.41, 5.74) is 0. The average molecular weight is 365 g/mol. The summed E-state index contributed by atoms with van der Waals surface area (Å²) >= 11 is 9.39. The Labute approximate surface area is 148 Å². The number of thioether (sulfide) groups is 2. The number of hydrogen-bond acceptors (Lipinski definition) is 3. The second-order valence-corrected chi connectivity index (χ2v) is 8.43. The van der Waals surface area contributed by atoms with E-state index in [-0.39, 0.29) is 0 Å². The van der Waals surface area contributed by atoms with Crippen LogP contribution in [0.1, 0.15) is 0 Å². The van der Waals surface area contributed by atoms with Gasteiger partial charge in [-0.1, -0.05) is 0 Å². The predicted molar refractivity (Wildman–Crippen MR) is 95.4 cm³/mol. The van der Waals surface area contributed by atoms with Gasteiger partial charge in [0, 0.05) is 13.2 Å². The Kier molecular flexibility index (Phi) is 3.70. The molecule has 0 fully saturated rings. The summed E-state index contributed by atoms with van der Waals surface area (Å²) in [6.07, 6.45) is 12.7. The first kappa shape index (κ1) is 15.2. The molecule has 0 aliphatic carbocycles. The molecule has 1 aliphatic rings. The summed E-state index contributed by atoms with van der Waals surface area (Å²) in [7, 11) is 5.11. The highest BCUT2D eigenvalue weighted by molar-refractivity contribution is 8.15. The minimum Gasteiger partial charge on any atom is -0.420 e. The Morgan fingerprint density at radius 2 is 1.48 bits per heavy atom. The molecule has 3 aromatic heterocycles. The molecule has 23 heavy (non-hydrogen) atoms. The molecule has 1 aliphatic heterocycles. The van der Waals surface area contributed by atoms with E-state index in [1.165, 1.54) is 10.3 Å². The highest BCUT2D eigenvalue weighted by Crippen LogP contribution is 2.25. The van der Waals surface area contributed by atoms with Crippen LogP contribution >= 0.6 is 35.7 Å². The number of nitrogens with zero attached hydrogens (tertiary/aromatic N) is 6. The monoisotopic (exact) mass is 365 g/mol. The van der Waals surface area contributed by atoms with Crippen LogP contribution in [0, 0.1) is 4.77 Å². The number of imidazole rings is 3. The molecule has 0 N–H and O–H groups in total. The van der Waals surface area contributed by atoms with Crippen molar-refractivity contribution in [1.82, 2.24) is 18.2 Å². The molecule has 3 aromatic rings. The van der Waals surface area contributed by atoms with E-state index in [4.69, 9.17) is 12.2 Å². The normalized spacial score (nSPS) is 15.1. The van der Waals surface area contributed by atoms with E-state index in [9.17, 15) is 0 Å². The first-order valence-electron chi connectivity index (χ1n) is 7.37. The first-order valence-corrected chi connectivity index (χ1v) is 9.75. The molecular weight excluding hydrogens is 347 g/mol. The fraction of sp³-hybridized carbons (Fsp3) is 0.308. The van der Waals surface area contributed by atoms with Gasteiger partial charge in [-0.3, -0.25) is 0 Å². The highest BCUT2D eigenvalue weighted by Gasteiger charge is 2.33. The minimum atomic E-state index is -1.09. The van der Waals surface area contributed by atoms with Crippen LogP contribution in [0.5, 0.6) is 0 Å². The van der Waals surface area contributed by atoms with E-state index in [1.54, 1.807) is 0 Å². The molecule has 0 saturated heterocycles. The van der Waals surface area contributed by atoms with Crippen molar-refractivity contribution in [3.8, 4) is 0 Å². The van der Waals surface area contributed by atoms with Gasteiger partial charge in [-0.05, 0) is 41.9 Å². The summed E-state index contributed by atoms with van der Waals surface area (Å²) in [5.74, 6) is 0. The van der Waals surface area contributed by atoms with E-state index in [0.717, 1.165) is 9.86 Å². The molecule has 0 atom stereocenters. The summed E-state index contributed by atoms with van der Waals surface area (Å²) in [4.78, 5) is 0. The van der Waals surface area contributed by atoms with Gasteiger partial charge in [0.15, 0.2) is 0 Å². The number of hydrogen-bond donors (Lipinski definition) is 0. The van der Waals surface area contributed by atoms with Crippen molar-refractivity contribution in [2.24, 2.45) is 21.1 Å². The summed E-state index contributed by atoms with van der Waals surface area (Å²) in [6.45, 7) is 0. The van der Waals surface area contributed by atoms with E-state index >= 15 is 0 Å². The van der Waals surface area contributed by atoms with Crippen molar-refractivity contribution < 1.29 is 8.96 Å². The molecule has 0 unspecified atom stereocenters. The Hall–Kier alpha value is -1.39. The maximum atomic E-state index is 5.65. The Morgan fingerprint density at radius 1 is 0.913 bits per heavy atom. The zero-order valence-electron chi connectivity index (χ0n) is 13.3. The molecule has 0 radical (unpaired) electrons. The van der Waals surface area contributed by atoms with Gasteiger partial charge in [0.05, 0.1) is 31.6 Å². The van der Waals surface area contributed by atoms with E-state index < -0.39 is 7.12 Å². The van der Waals surface area contributed by atoms with Crippen molar-refractivity contribution >= 4 is 42.9 Å². The maximum absolute atomic E-state index is 5.65. The van der Waals surface area contributed by atoms with Crippen LogP contribution in [0.2, 0.25) is 0 Å². The third kappa shape index (κ3) is 2.31. The number of aryl methyl sites for hydroxylation is 3. The van der Waals surface area contributed by atoms with Crippen LogP contribution in [0.15, 0.2) is 47.5 Å². The second-order valence-electron chi connectivity index (χ2n) is 5.82. The zero-order valence-corrected chi connectivity index (χ0v) is 15.7. The van der Waals surface area contributed by atoms with Crippen molar-refractivity contribution in [3.63, 3.8) is 0 Å². The molecule has 0 saturated carbocycles. The molecular formula is C13H18BN6S3+. The Bertz CT molecular complexity index is 888. The lowest BCUT2D eigenvalue weighted by molar-refractivity contribution is -0.716. The van der Waals surface area contributed by atoms with Crippen molar-refractivity contribution in [2.45, 2.75) is 10.3 Å². The van der Waals surface area contributed by atoms with Crippen LogP contribution in [0.3, 0.4) is 0 Å². The van der Waals surface area contributed by atoms with Crippen LogP contribution in [-0.4, -0.2) is 30.4 Å². The first-order chi connectivity index (χ1) is 11.1. The van der Waals surface area contributed by atoms with Gasteiger partial charge in [0.2, 0.25) is 0 Å². The molecule has 0 bridgehead atoms. The van der Waals surface area contributed by atoms with Crippen LogP contribution in [0.4, 0.5) is 0 Å². The zero-order chi connectivity index (χ0) is 16.1. The van der Waals surface area contributed by atoms with Gasteiger partial charge in [-0.15, -0.1) is 0 Å². The van der Waals surface area contributed by atoms with Crippen molar-refractivity contribution in [3.05, 3.63) is 42.0 Å². The largest absolute Gasteiger partial charge is 0.478 e. The molecule has 4 heterocycles. The quantitative estimate of drug-likeness (QED) is 0.468. The number of aromatic nitrogens is 6. The smallest absolute Gasteiger partial charge is 0.420 e. The van der Waals surface area contributed by atoms with E-state index in [0.29, 0.717) is 0 Å². The topological polar surface area (TPSA) is 27.5 Å². The Morgan fingerprint density at radius 3 is 1.96 bits per heavy atom. The van der Waals surface area contributed by atoms with Gasteiger partial charge in [-0.25, -0.2) is 9.13 Å². The molecule has 0 aromatic carbocycles. The summed E-state index contributed by atoms with van der Waals surface area (Å²) in [6, 6.07) is 0. The summed E-state index contributed by atoms with van der Waals surface area (Å²) in [5, 5.41) is 3.50. The van der Waals surface area contributed by atoms with Crippen LogP contribution < -0.4 is 8.96 Å². The van der Waals surface area contributed by atoms with Crippen LogP contribution in [-0.2, 0) is 21.1 Å². The predicted octanol–water partition coefficient (Wildman–Crippen LogP) is 0.625. The van der Waals surface area contributed by atoms with E-state index in [1.807, 2.05) is 41.3 Å². The van der Waals surface area contributed by atoms with Crippen molar-refractivity contribution in [2.75, 3.05) is 5.08 Å². The number of fused-ring (bicyclic) bond motifs is 2. The standard InChI is InChI=1S/C13H18BN6S3/c1-15-4-7-18(11(15)21)14-19-8-5-16(2)12(19)22-10-23-13-17(3)6-9-20(13)14/h4-9,14H,10H2,1-3H3/q+1. The molecule has 4 rings (SSSR count). The van der Waals surface area contributed by atoms with E-state index in [2.05, 4.69) is 67.6 Å². The highest BCUT2D eigenvalue weighted by atomic mass is 32.2. The maximum Gasteiger partial charge on any atom is 0.478 e. The van der Waals surface area contributed by atoms with Crippen molar-refractivity contribution in [1.29, 1.82) is 0 Å². The van der Waals surface area contributed by atoms with Gasteiger partial charge in [0.25, 0.3) is 10.3 Å². The third-order valence-corrected chi connectivity index (χ3v) is 7.37. The minimum absolute atomic E-state index is 0.838. The second kappa shape index (κ2) is 5.61. The van der Waals surface area contributed by atoms with Gasteiger partial charge >= 0.3 is 7.12 Å². The number of rotatable bonds is 1. The van der Waals surface area contributed by atoms with Crippen LogP contribution in [0.25, 0.3) is 0 Å². The fourth-order valence-corrected chi connectivity index (χ4v) is 5.70. The summed E-state index contributed by atoms with van der Waals surface area (Å²) < 4.78 is 14.2. The molecule has 0 amide bonds. The van der Waals surface area contributed by atoms with Gasteiger partial charge < -0.3 is 18.0 Å². The van der Waals surface area contributed by atoms with Gasteiger partial charge in [-0.2, -0.15) is 0 Å². The molecule has 10 heteroatoms. The molecule has 120 valence electrons. The SMILES string of the molecule is Cn1cc[n+]2c1SCSc1n(C)cc[n+]1[BH-]2n1ccn(C)c1=S. The lowest BCUT2D eigenvalue weighted by Crippen LogP contribution is -2.74. The lowest BCUT2D eigenvalue weighted by Gasteiger charge is -2.24. The van der Waals surface area contributed by atoms with Gasteiger partial charge in [0.1, 0.15) is 17.2 Å². The molecule has 0 spiro atoms. The average Bonchev–Trinajstić information content (AvgIpc) is 3.14. The third-order valence-electron chi connectivity index (χ3n) is 4.34. The fourth-order valence-electron chi connectivity index (χ4n) is 3.17. The molecule has 6 nitrogen and oxygen atoms in total.